The molecule has 2 nitrogen and oxygen atoms in total. The summed E-state index contributed by atoms with van der Waals surface area (Å²) in [5.74, 6) is 0.664. The van der Waals surface area contributed by atoms with Gasteiger partial charge in [0.15, 0.2) is 5.12 Å². The number of anilines is 1. The highest BCUT2D eigenvalue weighted by Crippen LogP contribution is 2.19. The van der Waals surface area contributed by atoms with Crippen LogP contribution < -0.4 is 5.73 Å². The van der Waals surface area contributed by atoms with Crippen LogP contribution in [0.1, 0.15) is 12.5 Å². The summed E-state index contributed by atoms with van der Waals surface area (Å²) in [5, 5.41) is 0.742. The van der Waals surface area contributed by atoms with Crippen LogP contribution in [0.4, 0.5) is 5.69 Å². The number of rotatable bonds is 3. The molecule has 1 aromatic rings. The number of carbonyl (C=O) groups is 1. The van der Waals surface area contributed by atoms with Gasteiger partial charge in [0, 0.05) is 23.4 Å². The molecule has 1 aromatic carbocycles. The Hall–Kier alpha value is -0.930. The minimum atomic E-state index is 0.115. The van der Waals surface area contributed by atoms with Gasteiger partial charge in [-0.2, -0.15) is 0 Å². The van der Waals surface area contributed by atoms with Gasteiger partial charge in [-0.15, -0.1) is 0 Å². The van der Waals surface area contributed by atoms with Gasteiger partial charge in [0.05, 0.1) is 0 Å². The first-order valence-corrected chi connectivity index (χ1v) is 5.81. The molecule has 0 unspecified atom stereocenters. The van der Waals surface area contributed by atoms with E-state index in [0.717, 1.165) is 5.56 Å². The minimum Gasteiger partial charge on any atom is -0.398 e. The maximum atomic E-state index is 10.7. The van der Waals surface area contributed by atoms with Crippen LogP contribution in [0.2, 0.25) is 5.02 Å². The number of hydrogen-bond acceptors (Lipinski definition) is 3. The average Bonchev–Trinajstić information content (AvgIpc) is 2.14. The number of benzene rings is 1. The molecule has 15 heavy (non-hydrogen) atoms. The van der Waals surface area contributed by atoms with Crippen molar-refractivity contribution in [2.75, 3.05) is 11.5 Å². The summed E-state index contributed by atoms with van der Waals surface area (Å²) in [6.07, 6.45) is 3.80. The largest absolute Gasteiger partial charge is 0.398 e. The van der Waals surface area contributed by atoms with Gasteiger partial charge in [-0.3, -0.25) is 4.79 Å². The molecule has 0 aromatic heterocycles. The number of carbonyl (C=O) groups excluding carboxylic acids is 1. The van der Waals surface area contributed by atoms with Crippen LogP contribution in [0, 0.1) is 0 Å². The summed E-state index contributed by atoms with van der Waals surface area (Å²) in [6, 6.07) is 5.35. The van der Waals surface area contributed by atoms with Crippen LogP contribution in [0.25, 0.3) is 6.08 Å². The summed E-state index contributed by atoms with van der Waals surface area (Å²) in [5.41, 5.74) is 7.32. The van der Waals surface area contributed by atoms with Crippen LogP contribution >= 0.6 is 23.4 Å². The molecule has 0 atom stereocenters. The van der Waals surface area contributed by atoms with Gasteiger partial charge < -0.3 is 5.73 Å². The van der Waals surface area contributed by atoms with Crippen LogP contribution in [-0.4, -0.2) is 10.9 Å². The lowest BCUT2D eigenvalue weighted by Gasteiger charge is -2.00. The fourth-order valence-electron chi connectivity index (χ4n) is 1.04. The van der Waals surface area contributed by atoms with Crippen molar-refractivity contribution in [3.8, 4) is 0 Å². The standard InChI is InChI=1S/C11H12ClNOS/c1-8(14)15-6-2-3-9-4-5-10(12)7-11(9)13/h2-5,7H,6,13H2,1H3. The van der Waals surface area contributed by atoms with E-state index in [1.165, 1.54) is 11.8 Å². The van der Waals surface area contributed by atoms with E-state index in [0.29, 0.717) is 16.5 Å². The maximum absolute atomic E-state index is 10.7. The van der Waals surface area contributed by atoms with E-state index >= 15 is 0 Å². The van der Waals surface area contributed by atoms with Gasteiger partial charge in [-0.25, -0.2) is 0 Å². The Labute approximate surface area is 98.5 Å². The molecule has 0 fully saturated rings. The third kappa shape index (κ3) is 4.40. The second-order valence-electron chi connectivity index (χ2n) is 2.98. The monoisotopic (exact) mass is 241 g/mol. The van der Waals surface area contributed by atoms with Crippen molar-refractivity contribution >= 4 is 40.2 Å². The summed E-state index contributed by atoms with van der Waals surface area (Å²) in [6.45, 7) is 1.55. The van der Waals surface area contributed by atoms with Gasteiger partial charge in [0.2, 0.25) is 0 Å². The topological polar surface area (TPSA) is 43.1 Å². The van der Waals surface area contributed by atoms with Crippen molar-refractivity contribution in [1.29, 1.82) is 0 Å². The third-order valence-electron chi connectivity index (χ3n) is 1.73. The van der Waals surface area contributed by atoms with E-state index in [1.54, 1.807) is 19.1 Å². The van der Waals surface area contributed by atoms with E-state index in [4.69, 9.17) is 17.3 Å². The molecule has 0 spiro atoms. The zero-order valence-corrected chi connectivity index (χ0v) is 9.94. The highest BCUT2D eigenvalue weighted by molar-refractivity contribution is 8.13. The second-order valence-corrected chi connectivity index (χ2v) is 4.61. The molecular weight excluding hydrogens is 230 g/mol. The van der Waals surface area contributed by atoms with Crippen LogP contribution in [0.5, 0.6) is 0 Å². The number of nitrogen functional groups attached to an aromatic ring is 1. The Balaban J connectivity index is 2.60. The molecule has 0 saturated heterocycles. The van der Waals surface area contributed by atoms with Crippen molar-refractivity contribution in [3.05, 3.63) is 34.9 Å². The Bertz CT molecular complexity index is 390. The number of halogens is 1. The van der Waals surface area contributed by atoms with Crippen molar-refractivity contribution in [2.45, 2.75) is 6.92 Å². The second kappa shape index (κ2) is 5.83. The molecule has 0 amide bonds. The molecular formula is C11H12ClNOS. The predicted octanol–water partition coefficient (Wildman–Crippen LogP) is 3.22. The summed E-state index contributed by atoms with van der Waals surface area (Å²) >= 11 is 7.03. The number of hydrogen-bond donors (Lipinski definition) is 1. The first-order chi connectivity index (χ1) is 7.09. The highest BCUT2D eigenvalue weighted by atomic mass is 35.5. The summed E-state index contributed by atoms with van der Waals surface area (Å²) < 4.78 is 0. The van der Waals surface area contributed by atoms with Gasteiger partial charge in [-0.05, 0) is 17.7 Å². The molecule has 0 heterocycles. The van der Waals surface area contributed by atoms with Crippen LogP contribution in [0.15, 0.2) is 24.3 Å². The third-order valence-corrected chi connectivity index (χ3v) is 2.73. The normalized spacial score (nSPS) is 10.8. The van der Waals surface area contributed by atoms with Crippen molar-refractivity contribution < 1.29 is 4.79 Å². The highest BCUT2D eigenvalue weighted by Gasteiger charge is 1.95. The Morgan fingerprint density at radius 2 is 2.33 bits per heavy atom. The summed E-state index contributed by atoms with van der Waals surface area (Å²) in [7, 11) is 0. The maximum Gasteiger partial charge on any atom is 0.186 e. The lowest BCUT2D eigenvalue weighted by molar-refractivity contribution is -0.109. The van der Waals surface area contributed by atoms with Crippen LogP contribution in [0.3, 0.4) is 0 Å². The molecule has 0 aliphatic rings. The van der Waals surface area contributed by atoms with Crippen molar-refractivity contribution in [2.24, 2.45) is 0 Å². The Morgan fingerprint density at radius 3 is 2.93 bits per heavy atom. The fourth-order valence-corrected chi connectivity index (χ4v) is 1.65. The zero-order valence-electron chi connectivity index (χ0n) is 8.37. The lowest BCUT2D eigenvalue weighted by atomic mass is 10.2. The quantitative estimate of drug-likeness (QED) is 0.827. The van der Waals surface area contributed by atoms with Gasteiger partial charge in [0.25, 0.3) is 0 Å². The number of thioether (sulfide) groups is 1. The molecule has 0 aliphatic carbocycles. The van der Waals surface area contributed by atoms with E-state index in [-0.39, 0.29) is 5.12 Å². The molecule has 0 aliphatic heterocycles. The molecule has 0 radical (unpaired) electrons. The predicted molar refractivity (Wildman–Crippen MR) is 68.0 cm³/mol. The van der Waals surface area contributed by atoms with Crippen LogP contribution in [-0.2, 0) is 4.79 Å². The smallest absolute Gasteiger partial charge is 0.186 e. The molecule has 0 bridgehead atoms. The zero-order chi connectivity index (χ0) is 11.3. The molecule has 4 heteroatoms. The van der Waals surface area contributed by atoms with Crippen molar-refractivity contribution in [3.63, 3.8) is 0 Å². The Kier molecular flexibility index (Phi) is 4.72. The van der Waals surface area contributed by atoms with E-state index in [1.807, 2.05) is 18.2 Å². The lowest BCUT2D eigenvalue weighted by Crippen LogP contribution is -1.88. The SMILES string of the molecule is CC(=O)SCC=Cc1ccc(Cl)cc1N. The van der Waals surface area contributed by atoms with E-state index in [9.17, 15) is 4.79 Å². The molecule has 1 rings (SSSR count). The van der Waals surface area contributed by atoms with Gasteiger partial charge in [-0.1, -0.05) is 41.6 Å². The fraction of sp³-hybridized carbons (Fsp3) is 0.182. The molecule has 80 valence electrons. The van der Waals surface area contributed by atoms with E-state index < -0.39 is 0 Å². The minimum absolute atomic E-state index is 0.115. The first-order valence-electron chi connectivity index (χ1n) is 4.44. The van der Waals surface area contributed by atoms with Gasteiger partial charge in [0.1, 0.15) is 0 Å². The summed E-state index contributed by atoms with van der Waals surface area (Å²) in [4.78, 5) is 10.7. The van der Waals surface area contributed by atoms with Crippen molar-refractivity contribution in [1.82, 2.24) is 0 Å². The van der Waals surface area contributed by atoms with E-state index in [2.05, 4.69) is 0 Å². The molecule has 0 saturated carbocycles. The number of nitrogens with two attached hydrogens (primary N) is 1. The van der Waals surface area contributed by atoms with Gasteiger partial charge >= 0.3 is 0 Å². The Morgan fingerprint density at radius 1 is 1.60 bits per heavy atom. The first kappa shape index (κ1) is 12.1. The average molecular weight is 242 g/mol. The molecule has 2 N–H and O–H groups in total.